The highest BCUT2D eigenvalue weighted by atomic mass is 32.2. The fourth-order valence-electron chi connectivity index (χ4n) is 2.47. The zero-order valence-electron chi connectivity index (χ0n) is 14.0. The number of benzene rings is 1. The molecule has 1 saturated carbocycles. The zero-order valence-corrected chi connectivity index (χ0v) is 14.8. The van der Waals surface area contributed by atoms with Crippen LogP contribution in [0.5, 0.6) is 0 Å². The third kappa shape index (κ3) is 4.32. The van der Waals surface area contributed by atoms with Gasteiger partial charge >= 0.3 is 5.97 Å². The van der Waals surface area contributed by atoms with Gasteiger partial charge < -0.3 is 4.74 Å². The first kappa shape index (κ1) is 17.9. The first-order chi connectivity index (χ1) is 10.9. The van der Waals surface area contributed by atoms with Gasteiger partial charge in [0.05, 0.1) is 17.4 Å². The number of carbonyl (C=O) groups excluding carboxylic acids is 1. The van der Waals surface area contributed by atoms with Crippen LogP contribution in [0.4, 0.5) is 0 Å². The molecule has 1 aromatic rings. The Kier molecular flexibility index (Phi) is 5.81. The molecule has 23 heavy (non-hydrogen) atoms. The number of nitrogens with zero attached hydrogens (tertiary/aromatic N) is 1. The third-order valence-electron chi connectivity index (χ3n) is 4.04. The average Bonchev–Trinajstić information content (AvgIpc) is 3.37. The molecule has 5 nitrogen and oxygen atoms in total. The van der Waals surface area contributed by atoms with Crippen molar-refractivity contribution < 1.29 is 17.9 Å². The Morgan fingerprint density at radius 2 is 1.87 bits per heavy atom. The molecule has 0 saturated heterocycles. The molecule has 0 amide bonds. The van der Waals surface area contributed by atoms with Crippen molar-refractivity contribution in [3.05, 3.63) is 29.8 Å². The number of carbonyl (C=O) groups is 1. The first-order valence-corrected chi connectivity index (χ1v) is 9.61. The quantitative estimate of drug-likeness (QED) is 0.683. The monoisotopic (exact) mass is 339 g/mol. The molecule has 1 fully saturated rings. The number of rotatable bonds is 8. The van der Waals surface area contributed by atoms with Gasteiger partial charge in [0.2, 0.25) is 10.0 Å². The van der Waals surface area contributed by atoms with Crippen molar-refractivity contribution in [2.45, 2.75) is 51.0 Å². The number of ether oxygens (including phenoxy) is 1. The van der Waals surface area contributed by atoms with Gasteiger partial charge in [-0.2, -0.15) is 4.31 Å². The maximum absolute atomic E-state index is 12.9. The molecule has 0 radical (unpaired) electrons. The molecule has 2 rings (SSSR count). The summed E-state index contributed by atoms with van der Waals surface area (Å²) in [7, 11) is -3.58. The summed E-state index contributed by atoms with van der Waals surface area (Å²) in [6.07, 6.45) is 2.57. The van der Waals surface area contributed by atoms with Gasteiger partial charge in [0.15, 0.2) is 0 Å². The van der Waals surface area contributed by atoms with Crippen LogP contribution in [0.15, 0.2) is 29.2 Å². The van der Waals surface area contributed by atoms with E-state index in [1.54, 1.807) is 26.0 Å². The number of hydrogen-bond acceptors (Lipinski definition) is 4. The Morgan fingerprint density at radius 3 is 2.35 bits per heavy atom. The summed E-state index contributed by atoms with van der Waals surface area (Å²) in [5.41, 5.74) is 1.10. The lowest BCUT2D eigenvalue weighted by atomic mass is 10.2. The van der Waals surface area contributed by atoms with Gasteiger partial charge in [-0.15, -0.1) is 0 Å². The average molecular weight is 339 g/mol. The van der Waals surface area contributed by atoms with E-state index in [2.05, 4.69) is 0 Å². The van der Waals surface area contributed by atoms with Crippen molar-refractivity contribution >= 4 is 16.0 Å². The van der Waals surface area contributed by atoms with Gasteiger partial charge in [0.1, 0.15) is 0 Å². The van der Waals surface area contributed by atoms with Crippen LogP contribution in [0.25, 0.3) is 0 Å². The largest absolute Gasteiger partial charge is 0.466 e. The van der Waals surface area contributed by atoms with E-state index in [9.17, 15) is 13.2 Å². The van der Waals surface area contributed by atoms with Gasteiger partial charge in [-0.3, -0.25) is 4.79 Å². The smallest absolute Gasteiger partial charge is 0.309 e. The Hall–Kier alpha value is -1.40. The van der Waals surface area contributed by atoms with E-state index in [1.807, 2.05) is 19.1 Å². The summed E-state index contributed by atoms with van der Waals surface area (Å²) in [4.78, 5) is 12.1. The highest BCUT2D eigenvalue weighted by molar-refractivity contribution is 7.89. The van der Waals surface area contributed by atoms with Gasteiger partial charge in [0, 0.05) is 12.6 Å². The van der Waals surface area contributed by atoms with E-state index in [0.29, 0.717) is 6.61 Å². The summed E-state index contributed by atoms with van der Waals surface area (Å²) < 4.78 is 32.3. The minimum absolute atomic E-state index is 0.00253. The van der Waals surface area contributed by atoms with Crippen LogP contribution >= 0.6 is 0 Å². The van der Waals surface area contributed by atoms with Gasteiger partial charge in [-0.05, 0) is 43.9 Å². The molecule has 0 heterocycles. The van der Waals surface area contributed by atoms with Gasteiger partial charge in [-0.1, -0.05) is 26.0 Å². The van der Waals surface area contributed by atoms with E-state index >= 15 is 0 Å². The maximum Gasteiger partial charge on any atom is 0.309 e. The Morgan fingerprint density at radius 1 is 1.26 bits per heavy atom. The minimum atomic E-state index is -3.58. The molecule has 1 unspecified atom stereocenters. The number of hydrogen-bond donors (Lipinski definition) is 0. The predicted octanol–water partition coefficient (Wildman–Crippen LogP) is 2.60. The second-order valence-corrected chi connectivity index (χ2v) is 7.85. The standard InChI is InChI=1S/C17H25NO4S/c1-4-14-6-10-16(11-7-14)23(20,21)18(15-8-9-15)12-13(3)17(19)22-5-2/h6-7,10-11,13,15H,4-5,8-9,12H2,1-3H3. The van der Waals surface area contributed by atoms with E-state index in [4.69, 9.17) is 4.74 Å². The Balaban J connectivity index is 2.20. The number of sulfonamides is 1. The molecular formula is C17H25NO4S. The van der Waals surface area contributed by atoms with Crippen molar-refractivity contribution in [1.29, 1.82) is 0 Å². The van der Waals surface area contributed by atoms with Crippen molar-refractivity contribution in [2.24, 2.45) is 5.92 Å². The van der Waals surface area contributed by atoms with Crippen LogP contribution in [0.3, 0.4) is 0 Å². The lowest BCUT2D eigenvalue weighted by Gasteiger charge is -2.24. The molecule has 0 N–H and O–H groups in total. The highest BCUT2D eigenvalue weighted by Gasteiger charge is 2.39. The SMILES string of the molecule is CCOC(=O)C(C)CN(C1CC1)S(=O)(=O)c1ccc(CC)cc1. The molecule has 1 atom stereocenters. The van der Waals surface area contributed by atoms with Gasteiger partial charge in [-0.25, -0.2) is 8.42 Å². The molecule has 6 heteroatoms. The van der Waals surface area contributed by atoms with E-state index in [-0.39, 0.29) is 23.5 Å². The summed E-state index contributed by atoms with van der Waals surface area (Å²) in [5, 5.41) is 0. The van der Waals surface area contributed by atoms with Crippen LogP contribution in [-0.4, -0.2) is 37.9 Å². The summed E-state index contributed by atoms with van der Waals surface area (Å²) in [6.45, 7) is 5.96. The maximum atomic E-state index is 12.9. The van der Waals surface area contributed by atoms with Crippen LogP contribution in [-0.2, 0) is 26.0 Å². The molecule has 0 bridgehead atoms. The fourth-order valence-corrected chi connectivity index (χ4v) is 4.24. The second kappa shape index (κ2) is 7.45. The normalized spacial score (nSPS) is 16.3. The summed E-state index contributed by atoms with van der Waals surface area (Å²) in [5.74, 6) is -0.824. The van der Waals surface area contributed by atoms with E-state index < -0.39 is 15.9 Å². The van der Waals surface area contributed by atoms with Crippen LogP contribution in [0.2, 0.25) is 0 Å². The van der Waals surface area contributed by atoms with Crippen LogP contribution in [0.1, 0.15) is 39.2 Å². The molecule has 1 aromatic carbocycles. The van der Waals surface area contributed by atoms with Crippen molar-refractivity contribution in [2.75, 3.05) is 13.2 Å². The van der Waals surface area contributed by atoms with Crippen molar-refractivity contribution in [3.63, 3.8) is 0 Å². The predicted molar refractivity (Wildman–Crippen MR) is 88.5 cm³/mol. The first-order valence-electron chi connectivity index (χ1n) is 8.17. The molecule has 0 aromatic heterocycles. The number of esters is 1. The van der Waals surface area contributed by atoms with Crippen LogP contribution < -0.4 is 0 Å². The lowest BCUT2D eigenvalue weighted by molar-refractivity contribution is -0.147. The zero-order chi connectivity index (χ0) is 17.0. The number of aryl methyl sites for hydroxylation is 1. The molecule has 128 valence electrons. The minimum Gasteiger partial charge on any atom is -0.466 e. The van der Waals surface area contributed by atoms with Crippen molar-refractivity contribution in [3.8, 4) is 0 Å². The summed E-state index contributed by atoms with van der Waals surface area (Å²) in [6, 6.07) is 6.99. The third-order valence-corrected chi connectivity index (χ3v) is 5.97. The second-order valence-electron chi connectivity index (χ2n) is 5.96. The molecule has 1 aliphatic rings. The molecular weight excluding hydrogens is 314 g/mol. The van der Waals surface area contributed by atoms with Crippen LogP contribution in [0, 0.1) is 5.92 Å². The van der Waals surface area contributed by atoms with Gasteiger partial charge in [0.25, 0.3) is 0 Å². The van der Waals surface area contributed by atoms with E-state index in [1.165, 1.54) is 4.31 Å². The molecule has 0 aliphatic heterocycles. The van der Waals surface area contributed by atoms with Crippen molar-refractivity contribution in [1.82, 2.24) is 4.31 Å². The topological polar surface area (TPSA) is 63.7 Å². The highest BCUT2D eigenvalue weighted by Crippen LogP contribution is 2.33. The summed E-state index contributed by atoms with van der Waals surface area (Å²) >= 11 is 0. The lowest BCUT2D eigenvalue weighted by Crippen LogP contribution is -2.39. The fraction of sp³-hybridized carbons (Fsp3) is 0.588. The van der Waals surface area contributed by atoms with E-state index in [0.717, 1.165) is 24.8 Å². The molecule has 0 spiro atoms. The molecule has 1 aliphatic carbocycles. The Bertz CT molecular complexity index is 635. The Labute approximate surface area is 138 Å².